The molecule has 0 bridgehead atoms. The Hall–Kier alpha value is -1.39. The first-order valence-electron chi connectivity index (χ1n) is 7.63. The zero-order valence-corrected chi connectivity index (χ0v) is 13.4. The molecule has 1 aromatic carbocycles. The summed E-state index contributed by atoms with van der Waals surface area (Å²) in [4.78, 5) is 11.1. The Labute approximate surface area is 127 Å². The highest BCUT2D eigenvalue weighted by Crippen LogP contribution is 2.26. The van der Waals surface area contributed by atoms with Gasteiger partial charge in [0.2, 0.25) is 5.91 Å². The molecule has 2 N–H and O–H groups in total. The third-order valence-corrected chi connectivity index (χ3v) is 3.89. The van der Waals surface area contributed by atoms with E-state index in [1.54, 1.807) is 0 Å². The van der Waals surface area contributed by atoms with Gasteiger partial charge in [-0.3, -0.25) is 4.79 Å². The van der Waals surface area contributed by atoms with Crippen LogP contribution in [0.15, 0.2) is 24.3 Å². The summed E-state index contributed by atoms with van der Waals surface area (Å²) in [6, 6.07) is 8.73. The molecule has 2 unspecified atom stereocenters. The summed E-state index contributed by atoms with van der Waals surface area (Å²) in [5.41, 5.74) is 1.99. The molecule has 4 nitrogen and oxygen atoms in total. The van der Waals surface area contributed by atoms with Crippen molar-refractivity contribution in [3.8, 4) is 0 Å². The highest BCUT2D eigenvalue weighted by atomic mass is 16.5. The molecule has 0 radical (unpaired) electrons. The van der Waals surface area contributed by atoms with Crippen molar-refractivity contribution in [3.63, 3.8) is 0 Å². The second kappa shape index (κ2) is 6.58. The lowest BCUT2D eigenvalue weighted by molar-refractivity contribution is -0.114. The monoisotopic (exact) mass is 290 g/mol. The second-order valence-corrected chi connectivity index (χ2v) is 6.49. The van der Waals surface area contributed by atoms with Crippen molar-refractivity contribution in [2.24, 2.45) is 0 Å². The molecule has 1 amide bonds. The van der Waals surface area contributed by atoms with Gasteiger partial charge >= 0.3 is 0 Å². The van der Waals surface area contributed by atoms with Gasteiger partial charge in [-0.25, -0.2) is 0 Å². The molecule has 1 saturated heterocycles. The van der Waals surface area contributed by atoms with E-state index in [2.05, 4.69) is 37.5 Å². The first kappa shape index (κ1) is 16.0. The van der Waals surface area contributed by atoms with Crippen molar-refractivity contribution in [2.75, 3.05) is 11.9 Å². The Morgan fingerprint density at radius 3 is 2.86 bits per heavy atom. The molecular weight excluding hydrogens is 264 g/mol. The lowest BCUT2D eigenvalue weighted by Crippen LogP contribution is -2.44. The largest absolute Gasteiger partial charge is 0.375 e. The van der Waals surface area contributed by atoms with Crippen LogP contribution in [0.2, 0.25) is 0 Å². The summed E-state index contributed by atoms with van der Waals surface area (Å²) >= 11 is 0. The molecule has 0 aliphatic carbocycles. The van der Waals surface area contributed by atoms with Gasteiger partial charge in [-0.2, -0.15) is 0 Å². The number of rotatable bonds is 4. The SMILES string of the molecule is CC(=O)Nc1cccc(C(C)NC2CCOC(C)(C)C2)c1. The number of amides is 1. The van der Waals surface area contributed by atoms with Gasteiger partial charge in [-0.05, 0) is 51.3 Å². The molecule has 0 aromatic heterocycles. The Balaban J connectivity index is 1.99. The number of anilines is 1. The number of ether oxygens (including phenoxy) is 1. The third-order valence-electron chi connectivity index (χ3n) is 3.89. The van der Waals surface area contributed by atoms with E-state index in [4.69, 9.17) is 4.74 Å². The fourth-order valence-electron chi connectivity index (χ4n) is 2.91. The van der Waals surface area contributed by atoms with E-state index in [0.29, 0.717) is 6.04 Å². The molecule has 116 valence electrons. The third kappa shape index (κ3) is 4.83. The summed E-state index contributed by atoms with van der Waals surface area (Å²) in [5, 5.41) is 6.51. The molecule has 2 atom stereocenters. The van der Waals surface area contributed by atoms with E-state index >= 15 is 0 Å². The van der Waals surface area contributed by atoms with Crippen LogP contribution < -0.4 is 10.6 Å². The maximum atomic E-state index is 11.1. The average Bonchev–Trinajstić information content (AvgIpc) is 2.37. The van der Waals surface area contributed by atoms with Crippen LogP contribution >= 0.6 is 0 Å². The summed E-state index contributed by atoms with van der Waals surface area (Å²) in [5.74, 6) is -0.0426. The van der Waals surface area contributed by atoms with E-state index in [9.17, 15) is 4.79 Å². The van der Waals surface area contributed by atoms with Crippen LogP contribution in [0.4, 0.5) is 5.69 Å². The van der Waals surface area contributed by atoms with E-state index in [1.807, 2.05) is 18.2 Å². The van der Waals surface area contributed by atoms with E-state index < -0.39 is 0 Å². The Bertz CT molecular complexity index is 499. The second-order valence-electron chi connectivity index (χ2n) is 6.49. The zero-order chi connectivity index (χ0) is 15.5. The highest BCUT2D eigenvalue weighted by molar-refractivity contribution is 5.88. The van der Waals surface area contributed by atoms with Gasteiger partial charge in [-0.1, -0.05) is 12.1 Å². The van der Waals surface area contributed by atoms with Gasteiger partial charge in [0.15, 0.2) is 0 Å². The molecule has 1 aliphatic rings. The average molecular weight is 290 g/mol. The fraction of sp³-hybridized carbons (Fsp3) is 0.588. The van der Waals surface area contributed by atoms with Crippen molar-refractivity contribution in [3.05, 3.63) is 29.8 Å². The number of carbonyl (C=O) groups is 1. The molecule has 21 heavy (non-hydrogen) atoms. The maximum absolute atomic E-state index is 11.1. The van der Waals surface area contributed by atoms with E-state index in [1.165, 1.54) is 12.5 Å². The Kier molecular flexibility index (Phi) is 5.01. The van der Waals surface area contributed by atoms with E-state index in [0.717, 1.165) is 25.1 Å². The van der Waals surface area contributed by atoms with Crippen LogP contribution in [0.5, 0.6) is 0 Å². The van der Waals surface area contributed by atoms with Crippen molar-refractivity contribution in [1.29, 1.82) is 0 Å². The maximum Gasteiger partial charge on any atom is 0.221 e. The van der Waals surface area contributed by atoms with Crippen molar-refractivity contribution >= 4 is 11.6 Å². The molecule has 4 heteroatoms. The smallest absolute Gasteiger partial charge is 0.221 e. The van der Waals surface area contributed by atoms with Crippen molar-refractivity contribution < 1.29 is 9.53 Å². The van der Waals surface area contributed by atoms with Crippen LogP contribution in [0, 0.1) is 0 Å². The fourth-order valence-corrected chi connectivity index (χ4v) is 2.91. The zero-order valence-electron chi connectivity index (χ0n) is 13.4. The number of hydrogen-bond donors (Lipinski definition) is 2. The molecule has 2 rings (SSSR count). The first-order valence-corrected chi connectivity index (χ1v) is 7.63. The first-order chi connectivity index (χ1) is 9.85. The number of hydrogen-bond acceptors (Lipinski definition) is 3. The van der Waals surface area contributed by atoms with Gasteiger partial charge in [0, 0.05) is 31.3 Å². The lowest BCUT2D eigenvalue weighted by Gasteiger charge is -2.37. The predicted octanol–water partition coefficient (Wildman–Crippen LogP) is 3.25. The molecular formula is C17H26N2O2. The minimum absolute atomic E-state index is 0.0426. The Morgan fingerprint density at radius 1 is 1.43 bits per heavy atom. The van der Waals surface area contributed by atoms with Gasteiger partial charge < -0.3 is 15.4 Å². The minimum atomic E-state index is -0.0479. The minimum Gasteiger partial charge on any atom is -0.375 e. The van der Waals surface area contributed by atoms with Crippen LogP contribution in [-0.2, 0) is 9.53 Å². The van der Waals surface area contributed by atoms with Gasteiger partial charge in [0.05, 0.1) is 5.60 Å². The van der Waals surface area contributed by atoms with Crippen molar-refractivity contribution in [2.45, 2.75) is 58.2 Å². The summed E-state index contributed by atoms with van der Waals surface area (Å²) in [6.45, 7) is 8.78. The molecule has 1 fully saturated rings. The predicted molar refractivity (Wildman–Crippen MR) is 85.3 cm³/mol. The number of benzene rings is 1. The summed E-state index contributed by atoms with van der Waals surface area (Å²) in [6.07, 6.45) is 2.06. The molecule has 1 aliphatic heterocycles. The van der Waals surface area contributed by atoms with E-state index in [-0.39, 0.29) is 17.6 Å². The van der Waals surface area contributed by atoms with Crippen LogP contribution in [0.25, 0.3) is 0 Å². The summed E-state index contributed by atoms with van der Waals surface area (Å²) in [7, 11) is 0. The standard InChI is InChI=1S/C17H26N2O2/c1-12(18-16-8-9-21-17(3,4)11-16)14-6-5-7-15(10-14)19-13(2)20/h5-7,10,12,16,18H,8-9,11H2,1-4H3,(H,19,20). The van der Waals surface area contributed by atoms with Crippen LogP contribution in [0.3, 0.4) is 0 Å². The lowest BCUT2D eigenvalue weighted by atomic mass is 9.93. The number of nitrogens with one attached hydrogen (secondary N) is 2. The Morgan fingerprint density at radius 2 is 2.19 bits per heavy atom. The van der Waals surface area contributed by atoms with Gasteiger partial charge in [0.1, 0.15) is 0 Å². The van der Waals surface area contributed by atoms with Gasteiger partial charge in [-0.15, -0.1) is 0 Å². The molecule has 1 heterocycles. The topological polar surface area (TPSA) is 50.4 Å². The molecule has 0 spiro atoms. The molecule has 1 aromatic rings. The normalized spacial score (nSPS) is 22.6. The molecule has 0 saturated carbocycles. The van der Waals surface area contributed by atoms with Crippen molar-refractivity contribution in [1.82, 2.24) is 5.32 Å². The summed E-state index contributed by atoms with van der Waals surface area (Å²) < 4.78 is 5.76. The quantitative estimate of drug-likeness (QED) is 0.895. The number of carbonyl (C=O) groups excluding carboxylic acids is 1. The van der Waals surface area contributed by atoms with Crippen LogP contribution in [0.1, 0.15) is 52.1 Å². The van der Waals surface area contributed by atoms with Crippen LogP contribution in [-0.4, -0.2) is 24.2 Å². The van der Waals surface area contributed by atoms with Gasteiger partial charge in [0.25, 0.3) is 0 Å². The highest BCUT2D eigenvalue weighted by Gasteiger charge is 2.29.